The monoisotopic (exact) mass is 201 g/mol. The Labute approximate surface area is 81.8 Å². The van der Waals surface area contributed by atoms with Gasteiger partial charge in [0.1, 0.15) is 11.5 Å². The van der Waals surface area contributed by atoms with E-state index in [4.69, 9.17) is 26.5 Å². The van der Waals surface area contributed by atoms with Crippen LogP contribution in [0.15, 0.2) is 10.5 Å². The summed E-state index contributed by atoms with van der Waals surface area (Å²) in [4.78, 5) is 0. The molecule has 1 aliphatic heterocycles. The molecule has 1 aromatic heterocycles. The quantitative estimate of drug-likeness (QED) is 0.795. The van der Waals surface area contributed by atoms with E-state index in [-0.39, 0.29) is 0 Å². The first-order valence-corrected chi connectivity index (χ1v) is 4.75. The standard InChI is InChI=1S/C9H12ClNO2/c10-8-3-7(4-11)13-9(8)6-1-2-12-5-6/h3,6H,1-2,4-5,11H2. The predicted molar refractivity (Wildman–Crippen MR) is 49.8 cm³/mol. The molecule has 1 fully saturated rings. The van der Waals surface area contributed by atoms with E-state index in [0.717, 1.165) is 24.5 Å². The summed E-state index contributed by atoms with van der Waals surface area (Å²) in [5, 5.41) is 0.677. The van der Waals surface area contributed by atoms with Gasteiger partial charge >= 0.3 is 0 Å². The maximum absolute atomic E-state index is 6.00. The van der Waals surface area contributed by atoms with E-state index in [1.807, 2.05) is 0 Å². The molecular formula is C9H12ClNO2. The van der Waals surface area contributed by atoms with Gasteiger partial charge in [-0.1, -0.05) is 11.6 Å². The molecule has 72 valence electrons. The van der Waals surface area contributed by atoms with Crippen molar-refractivity contribution in [2.45, 2.75) is 18.9 Å². The van der Waals surface area contributed by atoms with E-state index in [9.17, 15) is 0 Å². The summed E-state index contributed by atoms with van der Waals surface area (Å²) in [7, 11) is 0. The molecule has 0 saturated carbocycles. The van der Waals surface area contributed by atoms with E-state index in [1.165, 1.54) is 0 Å². The molecule has 0 radical (unpaired) electrons. The number of rotatable bonds is 2. The van der Waals surface area contributed by atoms with Crippen LogP contribution < -0.4 is 5.73 Å². The van der Waals surface area contributed by atoms with Gasteiger partial charge in [0.2, 0.25) is 0 Å². The minimum absolute atomic E-state index is 0.313. The predicted octanol–water partition coefficient (Wildman–Crippen LogP) is 1.90. The summed E-state index contributed by atoms with van der Waals surface area (Å²) in [6, 6.07) is 1.79. The lowest BCUT2D eigenvalue weighted by atomic mass is 10.1. The first-order chi connectivity index (χ1) is 6.31. The summed E-state index contributed by atoms with van der Waals surface area (Å²) < 4.78 is 10.8. The van der Waals surface area contributed by atoms with Crippen LogP contribution in [0, 0.1) is 0 Å². The zero-order valence-electron chi connectivity index (χ0n) is 7.25. The highest BCUT2D eigenvalue weighted by molar-refractivity contribution is 6.31. The normalized spacial score (nSPS) is 22.5. The molecule has 0 aliphatic carbocycles. The van der Waals surface area contributed by atoms with Gasteiger partial charge in [-0.15, -0.1) is 0 Å². The maximum Gasteiger partial charge on any atom is 0.128 e. The molecule has 0 aromatic carbocycles. The molecule has 1 aromatic rings. The van der Waals surface area contributed by atoms with Crippen LogP contribution in [0.25, 0.3) is 0 Å². The van der Waals surface area contributed by atoms with Crippen molar-refractivity contribution in [2.75, 3.05) is 13.2 Å². The minimum atomic E-state index is 0.313. The third-order valence-electron chi connectivity index (χ3n) is 2.27. The van der Waals surface area contributed by atoms with Crippen LogP contribution in [0.4, 0.5) is 0 Å². The average molecular weight is 202 g/mol. The first-order valence-electron chi connectivity index (χ1n) is 4.37. The minimum Gasteiger partial charge on any atom is -0.463 e. The Kier molecular flexibility index (Phi) is 2.58. The van der Waals surface area contributed by atoms with Gasteiger partial charge in [0.15, 0.2) is 0 Å². The summed E-state index contributed by atoms with van der Waals surface area (Å²) in [6.07, 6.45) is 0.983. The van der Waals surface area contributed by atoms with Crippen LogP contribution in [0.5, 0.6) is 0 Å². The Morgan fingerprint density at radius 1 is 1.62 bits per heavy atom. The van der Waals surface area contributed by atoms with Gasteiger partial charge in [-0.25, -0.2) is 0 Å². The van der Waals surface area contributed by atoms with Crippen molar-refractivity contribution in [2.24, 2.45) is 5.73 Å². The summed E-state index contributed by atoms with van der Waals surface area (Å²) in [5.74, 6) is 1.89. The maximum atomic E-state index is 6.00. The molecule has 1 aliphatic rings. The second-order valence-corrected chi connectivity index (χ2v) is 3.60. The van der Waals surface area contributed by atoms with Crippen molar-refractivity contribution in [1.82, 2.24) is 0 Å². The highest BCUT2D eigenvalue weighted by Gasteiger charge is 2.24. The highest BCUT2D eigenvalue weighted by atomic mass is 35.5. The second-order valence-electron chi connectivity index (χ2n) is 3.19. The van der Waals surface area contributed by atoms with Gasteiger partial charge in [0, 0.05) is 12.5 Å². The Morgan fingerprint density at radius 3 is 3.00 bits per heavy atom. The molecule has 0 bridgehead atoms. The van der Waals surface area contributed by atoms with Gasteiger partial charge in [0.05, 0.1) is 18.2 Å². The summed E-state index contributed by atoms with van der Waals surface area (Å²) >= 11 is 6.00. The van der Waals surface area contributed by atoms with Gasteiger partial charge in [0.25, 0.3) is 0 Å². The molecule has 3 nitrogen and oxygen atoms in total. The lowest BCUT2D eigenvalue weighted by Gasteiger charge is -2.03. The average Bonchev–Trinajstić information content (AvgIpc) is 2.72. The van der Waals surface area contributed by atoms with Crippen molar-refractivity contribution in [3.63, 3.8) is 0 Å². The molecule has 2 N–H and O–H groups in total. The van der Waals surface area contributed by atoms with Crippen molar-refractivity contribution < 1.29 is 9.15 Å². The molecule has 1 unspecified atom stereocenters. The number of hydrogen-bond acceptors (Lipinski definition) is 3. The van der Waals surface area contributed by atoms with Crippen molar-refractivity contribution in [1.29, 1.82) is 0 Å². The second kappa shape index (κ2) is 3.70. The van der Waals surface area contributed by atoms with Gasteiger partial charge in [-0.2, -0.15) is 0 Å². The lowest BCUT2D eigenvalue weighted by Crippen LogP contribution is -1.96. The Hall–Kier alpha value is -0.510. The van der Waals surface area contributed by atoms with E-state index < -0.39 is 0 Å². The molecular weight excluding hydrogens is 190 g/mol. The van der Waals surface area contributed by atoms with Crippen LogP contribution in [0.2, 0.25) is 5.02 Å². The molecule has 4 heteroatoms. The van der Waals surface area contributed by atoms with Crippen LogP contribution in [0.3, 0.4) is 0 Å². The van der Waals surface area contributed by atoms with Gasteiger partial charge in [-0.05, 0) is 12.5 Å². The largest absolute Gasteiger partial charge is 0.463 e. The smallest absolute Gasteiger partial charge is 0.128 e. The number of furan rings is 1. The van der Waals surface area contributed by atoms with E-state index in [0.29, 0.717) is 24.1 Å². The molecule has 0 amide bonds. The van der Waals surface area contributed by atoms with E-state index in [1.54, 1.807) is 6.07 Å². The summed E-state index contributed by atoms with van der Waals surface area (Å²) in [5.41, 5.74) is 5.45. The number of halogens is 1. The fraction of sp³-hybridized carbons (Fsp3) is 0.556. The molecule has 2 heterocycles. The molecule has 2 rings (SSSR count). The van der Waals surface area contributed by atoms with E-state index in [2.05, 4.69) is 0 Å². The highest BCUT2D eigenvalue weighted by Crippen LogP contribution is 2.33. The fourth-order valence-corrected chi connectivity index (χ4v) is 1.87. The Bertz CT molecular complexity index is 292. The zero-order valence-corrected chi connectivity index (χ0v) is 8.01. The van der Waals surface area contributed by atoms with E-state index >= 15 is 0 Å². The molecule has 13 heavy (non-hydrogen) atoms. The lowest BCUT2D eigenvalue weighted by molar-refractivity contribution is 0.191. The molecule has 0 spiro atoms. The molecule has 1 atom stereocenters. The van der Waals surface area contributed by atoms with Crippen molar-refractivity contribution >= 4 is 11.6 Å². The Balaban J connectivity index is 2.22. The van der Waals surface area contributed by atoms with Crippen LogP contribution in [-0.4, -0.2) is 13.2 Å². The van der Waals surface area contributed by atoms with Gasteiger partial charge < -0.3 is 14.9 Å². The molecule has 1 saturated heterocycles. The Morgan fingerprint density at radius 2 is 2.46 bits per heavy atom. The number of ether oxygens (including phenoxy) is 1. The van der Waals surface area contributed by atoms with Crippen molar-refractivity contribution in [3.8, 4) is 0 Å². The topological polar surface area (TPSA) is 48.4 Å². The number of hydrogen-bond donors (Lipinski definition) is 1. The first kappa shape index (κ1) is 9.06. The third kappa shape index (κ3) is 1.73. The van der Waals surface area contributed by atoms with Crippen LogP contribution in [-0.2, 0) is 11.3 Å². The van der Waals surface area contributed by atoms with Gasteiger partial charge in [-0.3, -0.25) is 0 Å². The van der Waals surface area contributed by atoms with Crippen LogP contribution >= 0.6 is 11.6 Å². The summed E-state index contributed by atoms with van der Waals surface area (Å²) in [6.45, 7) is 1.89. The van der Waals surface area contributed by atoms with Crippen LogP contribution in [0.1, 0.15) is 23.9 Å². The zero-order chi connectivity index (χ0) is 9.26. The van der Waals surface area contributed by atoms with Crippen molar-refractivity contribution in [3.05, 3.63) is 22.6 Å². The SMILES string of the molecule is NCc1cc(Cl)c(C2CCOC2)o1. The third-order valence-corrected chi connectivity index (χ3v) is 2.56. The number of nitrogens with two attached hydrogens (primary N) is 1. The fourth-order valence-electron chi connectivity index (χ4n) is 1.55.